The van der Waals surface area contributed by atoms with Gasteiger partial charge in [-0.1, -0.05) is 54.6 Å². The molecule has 0 aliphatic carbocycles. The van der Waals surface area contributed by atoms with Gasteiger partial charge in [-0.25, -0.2) is 8.42 Å². The van der Waals surface area contributed by atoms with E-state index < -0.39 is 43.9 Å². The molecule has 0 aliphatic heterocycles. The fourth-order valence-corrected chi connectivity index (χ4v) is 6.04. The lowest BCUT2D eigenvalue weighted by Crippen LogP contribution is -2.39. The molecule has 0 aromatic heterocycles. The number of hydrogen-bond acceptors (Lipinski definition) is 8. The molecule has 2 N–H and O–H groups in total. The summed E-state index contributed by atoms with van der Waals surface area (Å²) in [4.78, 5) is 37.0. The zero-order chi connectivity index (χ0) is 31.9. The number of nitrogens with one attached hydrogen (secondary N) is 2. The van der Waals surface area contributed by atoms with E-state index >= 15 is 0 Å². The normalized spacial score (nSPS) is 11.6. The van der Waals surface area contributed by atoms with E-state index in [9.17, 15) is 28.1 Å². The molecular formula is C31H30N4O8S. The van der Waals surface area contributed by atoms with Gasteiger partial charge >= 0.3 is 0 Å². The van der Waals surface area contributed by atoms with E-state index in [1.54, 1.807) is 12.1 Å². The van der Waals surface area contributed by atoms with Gasteiger partial charge in [-0.05, 0) is 42.8 Å². The Labute approximate surface area is 254 Å². The highest BCUT2D eigenvalue weighted by Gasteiger charge is 2.35. The molecule has 228 valence electrons. The zero-order valence-electron chi connectivity index (χ0n) is 24.1. The van der Waals surface area contributed by atoms with Gasteiger partial charge in [-0.2, -0.15) is 0 Å². The monoisotopic (exact) mass is 618 g/mol. The number of carbonyl (C=O) groups excluding carboxylic acids is 2. The largest absolute Gasteiger partial charge is 0.497 e. The van der Waals surface area contributed by atoms with Crippen molar-refractivity contribution in [3.05, 3.63) is 118 Å². The number of anilines is 2. The molecule has 13 heteroatoms. The smallest absolute Gasteiger partial charge is 0.289 e. The molecule has 0 bridgehead atoms. The predicted molar refractivity (Wildman–Crippen MR) is 165 cm³/mol. The Morgan fingerprint density at radius 1 is 0.909 bits per heavy atom. The number of sulfonamides is 1. The van der Waals surface area contributed by atoms with Gasteiger partial charge in [0.05, 0.1) is 42.1 Å². The fraction of sp³-hybridized carbons (Fsp3) is 0.161. The molecule has 1 atom stereocenters. The quantitative estimate of drug-likeness (QED) is 0.167. The summed E-state index contributed by atoms with van der Waals surface area (Å²) in [6.07, 6.45) is 0. The average molecular weight is 619 g/mol. The molecule has 4 rings (SSSR count). The second-order valence-electron chi connectivity index (χ2n) is 9.47. The minimum absolute atomic E-state index is 0.0361. The van der Waals surface area contributed by atoms with Crippen LogP contribution in [0, 0.1) is 10.1 Å². The first-order chi connectivity index (χ1) is 21.1. The number of hydrogen-bond donors (Lipinski definition) is 2. The Hall–Kier alpha value is -5.43. The number of nitro benzene ring substituents is 1. The highest BCUT2D eigenvalue weighted by atomic mass is 32.2. The lowest BCUT2D eigenvalue weighted by Gasteiger charge is -2.26. The van der Waals surface area contributed by atoms with Crippen LogP contribution in [0.3, 0.4) is 0 Å². The summed E-state index contributed by atoms with van der Waals surface area (Å²) < 4.78 is 39.3. The number of nitrogens with zero attached hydrogens (tertiary/aromatic N) is 2. The maximum absolute atomic E-state index is 14.0. The summed E-state index contributed by atoms with van der Waals surface area (Å²) in [5, 5.41) is 17.2. The average Bonchev–Trinajstić information content (AvgIpc) is 3.03. The molecule has 0 fully saturated rings. The van der Waals surface area contributed by atoms with Crippen LogP contribution >= 0.6 is 0 Å². The molecule has 4 aromatic rings. The van der Waals surface area contributed by atoms with E-state index in [1.807, 2.05) is 37.3 Å². The summed E-state index contributed by atoms with van der Waals surface area (Å²) in [6, 6.07) is 24.3. The molecule has 0 unspecified atom stereocenters. The Bertz CT molecular complexity index is 1780. The predicted octanol–water partition coefficient (Wildman–Crippen LogP) is 4.94. The zero-order valence-corrected chi connectivity index (χ0v) is 24.9. The lowest BCUT2D eigenvalue weighted by atomic mass is 10.1. The van der Waals surface area contributed by atoms with Crippen LogP contribution in [0.1, 0.15) is 28.9 Å². The van der Waals surface area contributed by atoms with E-state index in [-0.39, 0.29) is 28.7 Å². The van der Waals surface area contributed by atoms with Crippen LogP contribution in [0.5, 0.6) is 11.5 Å². The van der Waals surface area contributed by atoms with Crippen LogP contribution in [0.15, 0.2) is 102 Å². The topological polar surface area (TPSA) is 157 Å². The summed E-state index contributed by atoms with van der Waals surface area (Å²) in [6.45, 7) is 1.01. The van der Waals surface area contributed by atoms with Crippen molar-refractivity contribution in [2.24, 2.45) is 0 Å². The SMILES string of the molecule is COc1ccc(N(CC(=O)Nc2ccccc2C(=O)N[C@H](C)c2ccccc2)S(=O)(=O)c2ccccc2[N+](=O)[O-])c(OC)c1. The molecule has 0 radical (unpaired) electrons. The Morgan fingerprint density at radius 3 is 2.25 bits per heavy atom. The second kappa shape index (κ2) is 13.7. The van der Waals surface area contributed by atoms with Crippen LogP contribution in [0.2, 0.25) is 0 Å². The van der Waals surface area contributed by atoms with Crippen LogP contribution < -0.4 is 24.4 Å². The minimum Gasteiger partial charge on any atom is -0.497 e. The molecule has 0 saturated heterocycles. The fourth-order valence-electron chi connectivity index (χ4n) is 4.45. The van der Waals surface area contributed by atoms with Gasteiger partial charge in [-0.3, -0.25) is 24.0 Å². The molecule has 2 amide bonds. The number of benzene rings is 4. The summed E-state index contributed by atoms with van der Waals surface area (Å²) in [5.74, 6) is -0.892. The minimum atomic E-state index is -4.71. The molecule has 4 aromatic carbocycles. The Balaban J connectivity index is 1.69. The van der Waals surface area contributed by atoms with Crippen molar-refractivity contribution in [3.8, 4) is 11.5 Å². The van der Waals surface area contributed by atoms with E-state index in [2.05, 4.69) is 10.6 Å². The van der Waals surface area contributed by atoms with Crippen LogP contribution in [0.4, 0.5) is 17.1 Å². The van der Waals surface area contributed by atoms with Crippen molar-refractivity contribution in [1.29, 1.82) is 0 Å². The van der Waals surface area contributed by atoms with Crippen molar-refractivity contribution in [1.82, 2.24) is 5.32 Å². The standard InChI is InChI=1S/C31H30N4O8S/c1-21(22-11-5-4-6-12-22)32-31(37)24-13-7-8-14-25(24)33-30(36)20-34(26-18-17-23(42-2)19-28(26)43-3)44(40,41)29-16-10-9-15-27(29)35(38)39/h4-19,21H,20H2,1-3H3,(H,32,37)(H,33,36)/t21-/m1/s1. The van der Waals surface area contributed by atoms with E-state index in [4.69, 9.17) is 9.47 Å². The maximum atomic E-state index is 14.0. The summed E-state index contributed by atoms with van der Waals surface area (Å²) in [5.41, 5.74) is 0.440. The van der Waals surface area contributed by atoms with Crippen LogP contribution in [-0.2, 0) is 14.8 Å². The van der Waals surface area contributed by atoms with Gasteiger partial charge in [0.15, 0.2) is 4.90 Å². The van der Waals surface area contributed by atoms with Gasteiger partial charge in [-0.15, -0.1) is 0 Å². The van der Waals surface area contributed by atoms with Crippen molar-refractivity contribution in [2.75, 3.05) is 30.4 Å². The lowest BCUT2D eigenvalue weighted by molar-refractivity contribution is -0.387. The second-order valence-corrected chi connectivity index (χ2v) is 11.3. The van der Waals surface area contributed by atoms with E-state index in [0.29, 0.717) is 10.1 Å². The third kappa shape index (κ3) is 6.95. The number of para-hydroxylation sites is 2. The van der Waals surface area contributed by atoms with Gasteiger partial charge in [0.25, 0.3) is 21.6 Å². The molecular weight excluding hydrogens is 588 g/mol. The number of rotatable bonds is 12. The molecule has 44 heavy (non-hydrogen) atoms. The van der Waals surface area contributed by atoms with Crippen molar-refractivity contribution in [3.63, 3.8) is 0 Å². The van der Waals surface area contributed by atoms with Gasteiger partial charge < -0.3 is 20.1 Å². The number of nitro groups is 1. The third-order valence-corrected chi connectivity index (χ3v) is 8.47. The number of ether oxygens (including phenoxy) is 2. The van der Waals surface area contributed by atoms with Crippen LogP contribution in [0.25, 0.3) is 0 Å². The number of amides is 2. The Morgan fingerprint density at radius 2 is 1.57 bits per heavy atom. The van der Waals surface area contributed by atoms with E-state index in [0.717, 1.165) is 17.7 Å². The summed E-state index contributed by atoms with van der Waals surface area (Å²) in [7, 11) is -1.99. The summed E-state index contributed by atoms with van der Waals surface area (Å²) >= 11 is 0. The highest BCUT2D eigenvalue weighted by molar-refractivity contribution is 7.93. The molecule has 12 nitrogen and oxygen atoms in total. The first-order valence-corrected chi connectivity index (χ1v) is 14.7. The number of methoxy groups -OCH3 is 2. The van der Waals surface area contributed by atoms with Crippen molar-refractivity contribution >= 4 is 38.9 Å². The molecule has 0 aliphatic rings. The van der Waals surface area contributed by atoms with Gasteiger partial charge in [0.1, 0.15) is 18.0 Å². The van der Waals surface area contributed by atoms with Gasteiger partial charge in [0, 0.05) is 12.1 Å². The van der Waals surface area contributed by atoms with Crippen LogP contribution in [-0.4, -0.2) is 45.9 Å². The molecule has 0 spiro atoms. The maximum Gasteiger partial charge on any atom is 0.289 e. The first-order valence-electron chi connectivity index (χ1n) is 13.3. The Kier molecular flexibility index (Phi) is 9.81. The highest BCUT2D eigenvalue weighted by Crippen LogP contribution is 2.37. The van der Waals surface area contributed by atoms with Crippen molar-refractivity contribution < 1.29 is 32.4 Å². The van der Waals surface area contributed by atoms with Crippen molar-refractivity contribution in [2.45, 2.75) is 17.9 Å². The number of carbonyl (C=O) groups is 2. The molecule has 0 heterocycles. The van der Waals surface area contributed by atoms with E-state index in [1.165, 1.54) is 56.7 Å². The third-order valence-electron chi connectivity index (χ3n) is 6.67. The van der Waals surface area contributed by atoms with Gasteiger partial charge in [0.2, 0.25) is 5.91 Å². The molecule has 0 saturated carbocycles. The first kappa shape index (κ1) is 31.5.